The first-order valence-electron chi connectivity index (χ1n) is 6.07. The van der Waals surface area contributed by atoms with Gasteiger partial charge in [-0.2, -0.15) is 0 Å². The van der Waals surface area contributed by atoms with Crippen LogP contribution in [0.1, 0.15) is 31.4 Å². The fraction of sp³-hybridized carbons (Fsp3) is 0.467. The van der Waals surface area contributed by atoms with Crippen LogP contribution in [0.4, 0.5) is 0 Å². The van der Waals surface area contributed by atoms with Crippen LogP contribution in [0.25, 0.3) is 0 Å². The predicted molar refractivity (Wildman–Crippen MR) is 68.1 cm³/mol. The van der Waals surface area contributed by atoms with E-state index in [1.165, 1.54) is 25.1 Å². The largest absolute Gasteiger partial charge is 0.299 e. The summed E-state index contributed by atoms with van der Waals surface area (Å²) in [6, 6.07) is 8.65. The zero-order valence-corrected chi connectivity index (χ0v) is 10.2. The summed E-state index contributed by atoms with van der Waals surface area (Å²) in [5.41, 5.74) is 2.52. The third kappa shape index (κ3) is 3.12. The van der Waals surface area contributed by atoms with Crippen LogP contribution in [-0.2, 0) is 6.54 Å². The summed E-state index contributed by atoms with van der Waals surface area (Å²) in [4.78, 5) is 2.47. The molecule has 0 aliphatic carbocycles. The van der Waals surface area contributed by atoms with E-state index in [1.54, 1.807) is 0 Å². The summed E-state index contributed by atoms with van der Waals surface area (Å²) < 4.78 is 0. The Labute approximate surface area is 98.5 Å². The number of hydrogen-bond donors (Lipinski definition) is 0. The van der Waals surface area contributed by atoms with E-state index in [1.807, 2.05) is 0 Å². The topological polar surface area (TPSA) is 3.24 Å². The maximum absolute atomic E-state index is 3.19. The average molecular weight is 213 g/mol. The molecule has 0 atom stereocenters. The van der Waals surface area contributed by atoms with Gasteiger partial charge < -0.3 is 0 Å². The molecule has 0 radical (unpaired) electrons. The molecule has 1 nitrogen and oxygen atoms in total. The standard InChI is InChI=1S/C15H19N/c1-13(2)4-5-14-6-8-15(9-7-14)12-16-10-3-11-16/h6-9,13H,3,10-12H2,1-2H3. The predicted octanol–water partition coefficient (Wildman–Crippen LogP) is 2.90. The van der Waals surface area contributed by atoms with Crippen LogP contribution in [0.2, 0.25) is 0 Å². The van der Waals surface area contributed by atoms with Gasteiger partial charge in [-0.15, -0.1) is 0 Å². The summed E-state index contributed by atoms with van der Waals surface area (Å²) in [7, 11) is 0. The molecule has 1 aliphatic heterocycles. The summed E-state index contributed by atoms with van der Waals surface area (Å²) in [6.07, 6.45) is 1.36. The van der Waals surface area contributed by atoms with Crippen molar-refractivity contribution < 1.29 is 0 Å². The van der Waals surface area contributed by atoms with E-state index in [2.05, 4.69) is 54.9 Å². The molecule has 0 bridgehead atoms. The first-order valence-corrected chi connectivity index (χ1v) is 6.07. The molecular weight excluding hydrogens is 194 g/mol. The Bertz CT molecular complexity index is 388. The third-order valence-corrected chi connectivity index (χ3v) is 2.81. The molecule has 0 aromatic heterocycles. The van der Waals surface area contributed by atoms with Crippen LogP contribution in [0.5, 0.6) is 0 Å². The van der Waals surface area contributed by atoms with Gasteiger partial charge in [-0.1, -0.05) is 37.8 Å². The first-order chi connectivity index (χ1) is 7.74. The van der Waals surface area contributed by atoms with Crippen molar-refractivity contribution in [2.45, 2.75) is 26.8 Å². The van der Waals surface area contributed by atoms with Gasteiger partial charge in [-0.05, 0) is 37.2 Å². The summed E-state index contributed by atoms with van der Waals surface area (Å²) in [6.45, 7) is 7.85. The third-order valence-electron chi connectivity index (χ3n) is 2.81. The van der Waals surface area contributed by atoms with Gasteiger partial charge in [0.05, 0.1) is 0 Å². The van der Waals surface area contributed by atoms with Crippen molar-refractivity contribution in [1.29, 1.82) is 0 Å². The molecule has 0 spiro atoms. The van der Waals surface area contributed by atoms with Crippen LogP contribution in [-0.4, -0.2) is 18.0 Å². The van der Waals surface area contributed by atoms with Gasteiger partial charge in [0.2, 0.25) is 0 Å². The van der Waals surface area contributed by atoms with Crippen LogP contribution >= 0.6 is 0 Å². The lowest BCUT2D eigenvalue weighted by atomic mass is 10.1. The number of nitrogens with zero attached hydrogens (tertiary/aromatic N) is 1. The molecule has 1 heterocycles. The molecule has 1 aromatic carbocycles. The zero-order chi connectivity index (χ0) is 11.4. The van der Waals surface area contributed by atoms with Crippen molar-refractivity contribution >= 4 is 0 Å². The number of likely N-dealkylation sites (tertiary alicyclic amines) is 1. The second kappa shape index (κ2) is 5.18. The SMILES string of the molecule is CC(C)C#Cc1ccc(CN2CCC2)cc1. The molecule has 0 saturated carbocycles. The van der Waals surface area contributed by atoms with Crippen LogP contribution < -0.4 is 0 Å². The number of rotatable bonds is 2. The van der Waals surface area contributed by atoms with E-state index in [0.717, 1.165) is 12.1 Å². The van der Waals surface area contributed by atoms with Crippen molar-refractivity contribution in [1.82, 2.24) is 4.90 Å². The minimum absolute atomic E-state index is 0.445. The molecule has 2 rings (SSSR count). The Morgan fingerprint density at radius 1 is 1.19 bits per heavy atom. The van der Waals surface area contributed by atoms with Gasteiger partial charge in [0.25, 0.3) is 0 Å². The van der Waals surface area contributed by atoms with Crippen molar-refractivity contribution in [2.75, 3.05) is 13.1 Å². The second-order valence-electron chi connectivity index (χ2n) is 4.75. The lowest BCUT2D eigenvalue weighted by Crippen LogP contribution is -2.36. The molecule has 0 amide bonds. The summed E-state index contributed by atoms with van der Waals surface area (Å²) in [5.74, 6) is 6.82. The molecule has 1 aromatic rings. The van der Waals surface area contributed by atoms with Crippen LogP contribution in [0.3, 0.4) is 0 Å². The Morgan fingerprint density at radius 3 is 2.38 bits per heavy atom. The van der Waals surface area contributed by atoms with Gasteiger partial charge in [-0.3, -0.25) is 4.90 Å². The zero-order valence-electron chi connectivity index (χ0n) is 10.2. The molecule has 1 saturated heterocycles. The molecule has 16 heavy (non-hydrogen) atoms. The minimum atomic E-state index is 0.445. The summed E-state index contributed by atoms with van der Waals surface area (Å²) >= 11 is 0. The average Bonchev–Trinajstić information content (AvgIpc) is 2.22. The molecule has 84 valence electrons. The Balaban J connectivity index is 1.96. The quantitative estimate of drug-likeness (QED) is 0.683. The van der Waals surface area contributed by atoms with Gasteiger partial charge in [-0.25, -0.2) is 0 Å². The lowest BCUT2D eigenvalue weighted by molar-refractivity contribution is 0.172. The van der Waals surface area contributed by atoms with E-state index in [9.17, 15) is 0 Å². The Kier molecular flexibility index (Phi) is 3.64. The van der Waals surface area contributed by atoms with Gasteiger partial charge in [0.15, 0.2) is 0 Å². The minimum Gasteiger partial charge on any atom is -0.299 e. The van der Waals surface area contributed by atoms with E-state index >= 15 is 0 Å². The van der Waals surface area contributed by atoms with Crippen molar-refractivity contribution in [3.63, 3.8) is 0 Å². The van der Waals surface area contributed by atoms with E-state index in [0.29, 0.717) is 5.92 Å². The highest BCUT2D eigenvalue weighted by molar-refractivity contribution is 5.36. The number of benzene rings is 1. The molecule has 1 heteroatoms. The van der Waals surface area contributed by atoms with Crippen molar-refractivity contribution in [2.24, 2.45) is 5.92 Å². The monoisotopic (exact) mass is 213 g/mol. The highest BCUT2D eigenvalue weighted by Crippen LogP contribution is 2.12. The van der Waals surface area contributed by atoms with Gasteiger partial charge >= 0.3 is 0 Å². The highest BCUT2D eigenvalue weighted by Gasteiger charge is 2.13. The van der Waals surface area contributed by atoms with E-state index < -0.39 is 0 Å². The number of hydrogen-bond acceptors (Lipinski definition) is 1. The second-order valence-corrected chi connectivity index (χ2v) is 4.75. The molecule has 0 N–H and O–H groups in total. The maximum atomic E-state index is 3.19. The van der Waals surface area contributed by atoms with E-state index in [-0.39, 0.29) is 0 Å². The van der Waals surface area contributed by atoms with Crippen LogP contribution in [0, 0.1) is 17.8 Å². The lowest BCUT2D eigenvalue weighted by Gasteiger charge is -2.30. The van der Waals surface area contributed by atoms with Gasteiger partial charge in [0, 0.05) is 18.0 Å². The van der Waals surface area contributed by atoms with E-state index in [4.69, 9.17) is 0 Å². The van der Waals surface area contributed by atoms with Crippen molar-refractivity contribution in [3.8, 4) is 11.8 Å². The molecular formula is C15H19N. The van der Waals surface area contributed by atoms with Crippen LogP contribution in [0.15, 0.2) is 24.3 Å². The molecule has 1 fully saturated rings. The van der Waals surface area contributed by atoms with Gasteiger partial charge in [0.1, 0.15) is 0 Å². The summed E-state index contributed by atoms with van der Waals surface area (Å²) in [5, 5.41) is 0. The Hall–Kier alpha value is -1.26. The highest BCUT2D eigenvalue weighted by atomic mass is 15.2. The first kappa shape index (κ1) is 11.2. The van der Waals surface area contributed by atoms with Crippen molar-refractivity contribution in [3.05, 3.63) is 35.4 Å². The fourth-order valence-electron chi connectivity index (χ4n) is 1.72. The maximum Gasteiger partial charge on any atom is 0.0245 e. The fourth-order valence-corrected chi connectivity index (χ4v) is 1.72. The smallest absolute Gasteiger partial charge is 0.0245 e. The normalized spacial score (nSPS) is 15.4. The Morgan fingerprint density at radius 2 is 1.88 bits per heavy atom. The molecule has 1 aliphatic rings. The molecule has 0 unspecified atom stereocenters.